The largest absolute Gasteiger partial charge is 0.496 e. The van der Waals surface area contributed by atoms with E-state index in [1.54, 1.807) is 18.3 Å². The molecule has 0 spiro atoms. The topological polar surface area (TPSA) is 88.6 Å². The number of rotatable bonds is 5. The van der Waals surface area contributed by atoms with Crippen LogP contribution in [0.1, 0.15) is 10.4 Å². The summed E-state index contributed by atoms with van der Waals surface area (Å²) in [5.41, 5.74) is 0.625. The molecule has 0 aliphatic carbocycles. The number of carbonyl (C=O) groups is 1. The molecule has 0 fully saturated rings. The lowest BCUT2D eigenvalue weighted by Gasteiger charge is -2.14. The minimum Gasteiger partial charge on any atom is -0.496 e. The van der Waals surface area contributed by atoms with Crippen molar-refractivity contribution in [1.29, 1.82) is 0 Å². The molecule has 0 saturated carbocycles. The van der Waals surface area contributed by atoms with Gasteiger partial charge in [0, 0.05) is 20.3 Å². The van der Waals surface area contributed by atoms with Gasteiger partial charge in [0.15, 0.2) is 0 Å². The Hall–Kier alpha value is -2.45. The molecule has 1 amide bonds. The van der Waals surface area contributed by atoms with Crippen molar-refractivity contribution in [2.75, 3.05) is 26.5 Å². The summed E-state index contributed by atoms with van der Waals surface area (Å²) in [5.74, 6) is -0.199. The van der Waals surface area contributed by atoms with Gasteiger partial charge in [0.1, 0.15) is 5.75 Å². The van der Waals surface area contributed by atoms with Gasteiger partial charge in [0.05, 0.1) is 29.5 Å². The van der Waals surface area contributed by atoms with Crippen LogP contribution in [0.5, 0.6) is 5.75 Å². The Morgan fingerprint density at radius 2 is 2.00 bits per heavy atom. The zero-order valence-corrected chi connectivity index (χ0v) is 13.8. The van der Waals surface area contributed by atoms with Crippen LogP contribution in [0.25, 0.3) is 0 Å². The van der Waals surface area contributed by atoms with Gasteiger partial charge in [-0.3, -0.25) is 9.78 Å². The molecule has 1 aromatic heterocycles. The minimum atomic E-state index is -3.65. The zero-order valence-electron chi connectivity index (χ0n) is 13.0. The third-order valence-electron chi connectivity index (χ3n) is 3.11. The first-order valence-corrected chi connectivity index (χ1v) is 8.12. The van der Waals surface area contributed by atoms with Crippen molar-refractivity contribution in [3.8, 4) is 5.75 Å². The van der Waals surface area contributed by atoms with Crippen LogP contribution in [0.3, 0.4) is 0 Å². The van der Waals surface area contributed by atoms with Gasteiger partial charge in [-0.1, -0.05) is 0 Å². The van der Waals surface area contributed by atoms with Crippen molar-refractivity contribution in [2.45, 2.75) is 4.90 Å². The second-order valence-corrected chi connectivity index (χ2v) is 7.00. The number of ether oxygens (including phenoxy) is 1. The molecule has 2 aromatic rings. The number of amides is 1. The van der Waals surface area contributed by atoms with Crippen molar-refractivity contribution < 1.29 is 17.9 Å². The molecule has 1 heterocycles. The number of pyridine rings is 1. The Kier molecular flexibility index (Phi) is 4.97. The average Bonchev–Trinajstić information content (AvgIpc) is 2.54. The first-order chi connectivity index (χ1) is 10.9. The molecule has 122 valence electrons. The molecule has 0 aliphatic heterocycles. The summed E-state index contributed by atoms with van der Waals surface area (Å²) in [6.45, 7) is 0. The molecule has 1 aromatic carbocycles. The zero-order chi connectivity index (χ0) is 17.0. The van der Waals surface area contributed by atoms with Crippen LogP contribution < -0.4 is 10.1 Å². The number of benzene rings is 1. The van der Waals surface area contributed by atoms with E-state index in [0.29, 0.717) is 5.69 Å². The predicted molar refractivity (Wildman–Crippen MR) is 86.1 cm³/mol. The molecule has 0 radical (unpaired) electrons. The number of carbonyl (C=O) groups excluding carboxylic acids is 1. The number of methoxy groups -OCH3 is 1. The molecular formula is C15H17N3O4S. The van der Waals surface area contributed by atoms with E-state index in [4.69, 9.17) is 4.74 Å². The summed E-state index contributed by atoms with van der Waals surface area (Å²) in [4.78, 5) is 16.3. The summed E-state index contributed by atoms with van der Waals surface area (Å²) in [6, 6.07) is 7.50. The highest BCUT2D eigenvalue weighted by atomic mass is 32.2. The molecule has 23 heavy (non-hydrogen) atoms. The van der Waals surface area contributed by atoms with Gasteiger partial charge in [-0.05, 0) is 30.3 Å². The van der Waals surface area contributed by atoms with Crippen LogP contribution >= 0.6 is 0 Å². The summed E-state index contributed by atoms with van der Waals surface area (Å²) < 4.78 is 30.6. The van der Waals surface area contributed by atoms with Crippen LogP contribution in [0.2, 0.25) is 0 Å². The minimum absolute atomic E-state index is 0.0136. The number of sulfonamides is 1. The van der Waals surface area contributed by atoms with Gasteiger partial charge in [0.25, 0.3) is 5.91 Å². The van der Waals surface area contributed by atoms with E-state index in [1.165, 1.54) is 45.6 Å². The van der Waals surface area contributed by atoms with Crippen LogP contribution in [0.4, 0.5) is 5.69 Å². The number of nitrogens with zero attached hydrogens (tertiary/aromatic N) is 2. The van der Waals surface area contributed by atoms with E-state index < -0.39 is 15.9 Å². The van der Waals surface area contributed by atoms with Gasteiger partial charge < -0.3 is 10.1 Å². The van der Waals surface area contributed by atoms with Crippen LogP contribution in [-0.4, -0.2) is 44.8 Å². The molecule has 0 atom stereocenters. The number of anilines is 1. The summed E-state index contributed by atoms with van der Waals surface area (Å²) >= 11 is 0. The summed E-state index contributed by atoms with van der Waals surface area (Å²) in [6.07, 6.45) is 3.07. The summed E-state index contributed by atoms with van der Waals surface area (Å²) in [7, 11) is 0.619. The maximum absolute atomic E-state index is 12.4. The fourth-order valence-corrected chi connectivity index (χ4v) is 2.80. The molecule has 0 bridgehead atoms. The molecule has 0 saturated heterocycles. The van der Waals surface area contributed by atoms with Gasteiger partial charge in [0.2, 0.25) is 10.0 Å². The van der Waals surface area contributed by atoms with Gasteiger partial charge in [-0.15, -0.1) is 0 Å². The fourth-order valence-electron chi connectivity index (χ4n) is 1.87. The van der Waals surface area contributed by atoms with Crippen molar-refractivity contribution in [2.24, 2.45) is 0 Å². The van der Waals surface area contributed by atoms with Crippen molar-refractivity contribution in [3.63, 3.8) is 0 Å². The van der Waals surface area contributed by atoms with E-state index in [-0.39, 0.29) is 16.2 Å². The van der Waals surface area contributed by atoms with Gasteiger partial charge in [-0.2, -0.15) is 0 Å². The number of aromatic nitrogens is 1. The van der Waals surface area contributed by atoms with Gasteiger partial charge >= 0.3 is 0 Å². The molecule has 7 nitrogen and oxygen atoms in total. The van der Waals surface area contributed by atoms with Gasteiger partial charge in [-0.25, -0.2) is 12.7 Å². The Morgan fingerprint density at radius 3 is 2.57 bits per heavy atom. The summed E-state index contributed by atoms with van der Waals surface area (Å²) in [5, 5.41) is 2.65. The lowest BCUT2D eigenvalue weighted by atomic mass is 10.2. The maximum atomic E-state index is 12.4. The van der Waals surface area contributed by atoms with E-state index in [1.807, 2.05) is 0 Å². The Morgan fingerprint density at radius 1 is 1.26 bits per heavy atom. The van der Waals surface area contributed by atoms with E-state index in [0.717, 1.165) is 4.31 Å². The van der Waals surface area contributed by atoms with Crippen LogP contribution in [0.15, 0.2) is 47.6 Å². The second-order valence-electron chi connectivity index (χ2n) is 4.85. The molecule has 1 N–H and O–H groups in total. The Bertz CT molecular complexity index is 805. The molecular weight excluding hydrogens is 318 g/mol. The smallest absolute Gasteiger partial charge is 0.259 e. The number of hydrogen-bond donors (Lipinski definition) is 1. The van der Waals surface area contributed by atoms with Crippen LogP contribution in [-0.2, 0) is 10.0 Å². The second kappa shape index (κ2) is 6.76. The molecule has 8 heteroatoms. The third-order valence-corrected chi connectivity index (χ3v) is 4.92. The lowest BCUT2D eigenvalue weighted by Crippen LogP contribution is -2.23. The lowest BCUT2D eigenvalue weighted by molar-refractivity contribution is 0.102. The third kappa shape index (κ3) is 3.66. The Labute approximate surface area is 135 Å². The highest BCUT2D eigenvalue weighted by molar-refractivity contribution is 7.89. The van der Waals surface area contributed by atoms with E-state index in [2.05, 4.69) is 10.3 Å². The Balaban J connectivity index is 2.42. The average molecular weight is 335 g/mol. The number of hydrogen-bond acceptors (Lipinski definition) is 5. The van der Waals surface area contributed by atoms with Crippen molar-refractivity contribution in [1.82, 2.24) is 9.29 Å². The molecule has 2 rings (SSSR count). The van der Waals surface area contributed by atoms with Crippen LogP contribution in [0, 0.1) is 0 Å². The molecule has 0 unspecified atom stereocenters. The normalized spacial score (nSPS) is 11.3. The highest BCUT2D eigenvalue weighted by Gasteiger charge is 2.21. The predicted octanol–water partition coefficient (Wildman–Crippen LogP) is 1.59. The standard InChI is InChI=1S/C15H17N3O4S/c1-18(2)23(20,21)12-6-7-14(22-3)13(9-12)15(19)17-11-5-4-8-16-10-11/h4-10H,1-3H3,(H,17,19). The first kappa shape index (κ1) is 16.9. The fraction of sp³-hybridized carbons (Fsp3) is 0.200. The van der Waals surface area contributed by atoms with Crippen molar-refractivity contribution in [3.05, 3.63) is 48.3 Å². The van der Waals surface area contributed by atoms with Crippen molar-refractivity contribution >= 4 is 21.6 Å². The van der Waals surface area contributed by atoms with E-state index >= 15 is 0 Å². The molecule has 0 aliphatic rings. The monoisotopic (exact) mass is 335 g/mol. The highest BCUT2D eigenvalue weighted by Crippen LogP contribution is 2.24. The quantitative estimate of drug-likeness (QED) is 0.896. The SMILES string of the molecule is COc1ccc(S(=O)(=O)N(C)C)cc1C(=O)Nc1cccnc1. The maximum Gasteiger partial charge on any atom is 0.259 e. The number of nitrogens with one attached hydrogen (secondary N) is 1. The first-order valence-electron chi connectivity index (χ1n) is 6.68. The van der Waals surface area contributed by atoms with E-state index in [9.17, 15) is 13.2 Å².